The third-order valence-electron chi connectivity index (χ3n) is 2.01. The molecule has 0 aliphatic carbocycles. The van der Waals surface area contributed by atoms with Crippen LogP contribution in [0.5, 0.6) is 0 Å². The molecule has 78 valence electrons. The molecule has 1 aromatic rings. The second-order valence-corrected chi connectivity index (χ2v) is 5.06. The smallest absolute Gasteiger partial charge is 0.110 e. The van der Waals surface area contributed by atoms with Crippen LogP contribution in [0.2, 0.25) is 0 Å². The molecule has 14 heavy (non-hydrogen) atoms. The van der Waals surface area contributed by atoms with Gasteiger partial charge in [-0.3, -0.25) is 0 Å². The minimum absolute atomic E-state index is 0.574. The van der Waals surface area contributed by atoms with E-state index in [0.717, 1.165) is 21.7 Å². The molecule has 0 amide bonds. The molecule has 0 aliphatic heterocycles. The maximum atomic E-state index is 4.30. The van der Waals surface area contributed by atoms with Gasteiger partial charge >= 0.3 is 0 Å². The summed E-state index contributed by atoms with van der Waals surface area (Å²) in [5, 5.41) is 4.30. The standard InChI is InChI=1S/C10H15BrN2S/c1-8(12-2)5-7-14-10-9(11)4-3-6-13-10/h3-4,6,8,12H,5,7H2,1-2H3. The summed E-state index contributed by atoms with van der Waals surface area (Å²) in [4.78, 5) is 4.30. The van der Waals surface area contributed by atoms with E-state index < -0.39 is 0 Å². The molecule has 2 nitrogen and oxygen atoms in total. The molecule has 1 N–H and O–H groups in total. The lowest BCUT2D eigenvalue weighted by molar-refractivity contribution is 0.597. The van der Waals surface area contributed by atoms with Gasteiger partial charge in [0, 0.05) is 22.5 Å². The van der Waals surface area contributed by atoms with Gasteiger partial charge in [-0.05, 0) is 48.5 Å². The quantitative estimate of drug-likeness (QED) is 0.836. The number of nitrogens with zero attached hydrogens (tertiary/aromatic N) is 1. The first-order chi connectivity index (χ1) is 6.74. The fourth-order valence-corrected chi connectivity index (χ4v) is 2.56. The van der Waals surface area contributed by atoms with Crippen LogP contribution in [0, 0.1) is 0 Å². The molecule has 1 heterocycles. The first-order valence-electron chi connectivity index (χ1n) is 4.64. The van der Waals surface area contributed by atoms with E-state index in [-0.39, 0.29) is 0 Å². The van der Waals surface area contributed by atoms with E-state index in [4.69, 9.17) is 0 Å². The van der Waals surface area contributed by atoms with Crippen molar-refractivity contribution in [2.75, 3.05) is 12.8 Å². The molecule has 0 fully saturated rings. The summed E-state index contributed by atoms with van der Waals surface area (Å²) in [7, 11) is 1.99. The van der Waals surface area contributed by atoms with Gasteiger partial charge in [0.1, 0.15) is 5.03 Å². The van der Waals surface area contributed by atoms with Crippen LogP contribution in [0.25, 0.3) is 0 Å². The highest BCUT2D eigenvalue weighted by Gasteiger charge is 2.02. The SMILES string of the molecule is CNC(C)CCSc1ncccc1Br. The molecule has 0 saturated heterocycles. The normalized spacial score (nSPS) is 12.8. The zero-order valence-electron chi connectivity index (χ0n) is 8.46. The molecule has 1 rings (SSSR count). The fourth-order valence-electron chi connectivity index (χ4n) is 0.954. The van der Waals surface area contributed by atoms with Gasteiger partial charge in [-0.15, -0.1) is 11.8 Å². The Morgan fingerprint density at radius 2 is 2.43 bits per heavy atom. The Labute approximate surface area is 98.0 Å². The molecule has 0 saturated carbocycles. The van der Waals surface area contributed by atoms with Gasteiger partial charge in [-0.1, -0.05) is 0 Å². The molecule has 1 atom stereocenters. The Kier molecular flexibility index (Phi) is 5.52. The van der Waals surface area contributed by atoms with E-state index in [9.17, 15) is 0 Å². The molecule has 4 heteroatoms. The highest BCUT2D eigenvalue weighted by molar-refractivity contribution is 9.10. The van der Waals surface area contributed by atoms with E-state index in [2.05, 4.69) is 33.2 Å². The number of thioether (sulfide) groups is 1. The van der Waals surface area contributed by atoms with E-state index in [1.165, 1.54) is 0 Å². The maximum Gasteiger partial charge on any atom is 0.110 e. The topological polar surface area (TPSA) is 24.9 Å². The van der Waals surface area contributed by atoms with Crippen molar-refractivity contribution in [2.24, 2.45) is 0 Å². The van der Waals surface area contributed by atoms with Crippen molar-refractivity contribution < 1.29 is 0 Å². The lowest BCUT2D eigenvalue weighted by Gasteiger charge is -2.09. The Balaban J connectivity index is 2.35. The molecule has 0 radical (unpaired) electrons. The summed E-state index contributed by atoms with van der Waals surface area (Å²) in [5.74, 6) is 1.09. The zero-order chi connectivity index (χ0) is 10.4. The lowest BCUT2D eigenvalue weighted by Crippen LogP contribution is -2.21. The van der Waals surface area contributed by atoms with Crippen molar-refractivity contribution in [1.82, 2.24) is 10.3 Å². The second kappa shape index (κ2) is 6.43. The largest absolute Gasteiger partial charge is 0.317 e. The molecular formula is C10H15BrN2S. The van der Waals surface area contributed by atoms with Crippen molar-refractivity contribution in [3.05, 3.63) is 22.8 Å². The Bertz CT molecular complexity index is 281. The minimum Gasteiger partial charge on any atom is -0.317 e. The van der Waals surface area contributed by atoms with E-state index in [1.807, 2.05) is 25.4 Å². The number of hydrogen-bond acceptors (Lipinski definition) is 3. The van der Waals surface area contributed by atoms with Crippen LogP contribution in [0.15, 0.2) is 27.8 Å². The van der Waals surface area contributed by atoms with Crippen molar-refractivity contribution >= 4 is 27.7 Å². The molecule has 1 aromatic heterocycles. The number of aromatic nitrogens is 1. The van der Waals surface area contributed by atoms with Gasteiger partial charge in [-0.2, -0.15) is 0 Å². The number of hydrogen-bond donors (Lipinski definition) is 1. The molecule has 0 aromatic carbocycles. The van der Waals surface area contributed by atoms with Crippen LogP contribution >= 0.6 is 27.7 Å². The summed E-state index contributed by atoms with van der Waals surface area (Å²) in [6, 6.07) is 4.53. The number of halogens is 1. The van der Waals surface area contributed by atoms with Crippen molar-refractivity contribution in [2.45, 2.75) is 24.4 Å². The number of pyridine rings is 1. The minimum atomic E-state index is 0.574. The number of nitrogens with one attached hydrogen (secondary N) is 1. The third-order valence-corrected chi connectivity index (χ3v) is 3.95. The third kappa shape index (κ3) is 3.98. The van der Waals surface area contributed by atoms with Gasteiger partial charge in [0.05, 0.1) is 0 Å². The van der Waals surface area contributed by atoms with Crippen molar-refractivity contribution in [1.29, 1.82) is 0 Å². The average molecular weight is 275 g/mol. The van der Waals surface area contributed by atoms with E-state index >= 15 is 0 Å². The Morgan fingerprint density at radius 1 is 1.64 bits per heavy atom. The Morgan fingerprint density at radius 3 is 3.07 bits per heavy atom. The van der Waals surface area contributed by atoms with Gasteiger partial charge in [0.25, 0.3) is 0 Å². The van der Waals surface area contributed by atoms with Gasteiger partial charge in [0.15, 0.2) is 0 Å². The first kappa shape index (κ1) is 12.0. The zero-order valence-corrected chi connectivity index (χ0v) is 10.9. The summed E-state index contributed by atoms with van der Waals surface area (Å²) >= 11 is 5.27. The van der Waals surface area contributed by atoms with Crippen LogP contribution in [-0.2, 0) is 0 Å². The van der Waals surface area contributed by atoms with Gasteiger partial charge in [-0.25, -0.2) is 4.98 Å². The van der Waals surface area contributed by atoms with Crippen LogP contribution in [0.1, 0.15) is 13.3 Å². The highest BCUT2D eigenvalue weighted by atomic mass is 79.9. The monoisotopic (exact) mass is 274 g/mol. The summed E-state index contributed by atoms with van der Waals surface area (Å²) in [6.07, 6.45) is 2.98. The fraction of sp³-hybridized carbons (Fsp3) is 0.500. The summed E-state index contributed by atoms with van der Waals surface area (Å²) in [6.45, 7) is 2.19. The predicted molar refractivity (Wildman–Crippen MR) is 65.8 cm³/mol. The summed E-state index contributed by atoms with van der Waals surface area (Å²) < 4.78 is 1.09. The molecular weight excluding hydrogens is 260 g/mol. The van der Waals surface area contributed by atoms with Crippen LogP contribution in [-0.4, -0.2) is 23.8 Å². The van der Waals surface area contributed by atoms with Gasteiger partial charge in [0.2, 0.25) is 0 Å². The summed E-state index contributed by atoms with van der Waals surface area (Å²) in [5.41, 5.74) is 0. The Hall–Kier alpha value is -0.0600. The lowest BCUT2D eigenvalue weighted by atomic mass is 10.3. The van der Waals surface area contributed by atoms with Crippen LogP contribution in [0.4, 0.5) is 0 Å². The van der Waals surface area contributed by atoms with E-state index in [0.29, 0.717) is 6.04 Å². The van der Waals surface area contributed by atoms with Gasteiger partial charge < -0.3 is 5.32 Å². The van der Waals surface area contributed by atoms with Crippen molar-refractivity contribution in [3.63, 3.8) is 0 Å². The maximum absolute atomic E-state index is 4.30. The first-order valence-corrected chi connectivity index (χ1v) is 6.42. The molecule has 0 spiro atoms. The molecule has 0 aliphatic rings. The average Bonchev–Trinajstić information content (AvgIpc) is 2.20. The highest BCUT2D eigenvalue weighted by Crippen LogP contribution is 2.25. The molecule has 1 unspecified atom stereocenters. The molecule has 0 bridgehead atoms. The van der Waals surface area contributed by atoms with Crippen molar-refractivity contribution in [3.8, 4) is 0 Å². The second-order valence-electron chi connectivity index (χ2n) is 3.12. The van der Waals surface area contributed by atoms with E-state index in [1.54, 1.807) is 11.8 Å². The van der Waals surface area contributed by atoms with Crippen LogP contribution in [0.3, 0.4) is 0 Å². The number of rotatable bonds is 5. The van der Waals surface area contributed by atoms with Crippen LogP contribution < -0.4 is 5.32 Å². The predicted octanol–water partition coefficient (Wildman–Crippen LogP) is 2.93.